The highest BCUT2D eigenvalue weighted by atomic mass is 79.9. The Morgan fingerprint density at radius 3 is 2.16 bits per heavy atom. The van der Waals surface area contributed by atoms with E-state index in [0.29, 0.717) is 16.0 Å². The van der Waals surface area contributed by atoms with Gasteiger partial charge < -0.3 is 14.7 Å². The first-order valence-corrected chi connectivity index (χ1v) is 17.2. The van der Waals surface area contributed by atoms with Crippen LogP contribution in [0, 0.1) is 38.0 Å². The molecule has 2 aromatic carbocycles. The summed E-state index contributed by atoms with van der Waals surface area (Å²) in [6, 6.07) is 4.81. The largest absolute Gasteiger partial charge is 0.503 e. The molecule has 2 saturated heterocycles. The van der Waals surface area contributed by atoms with Crippen LogP contribution >= 0.6 is 55.1 Å². The van der Waals surface area contributed by atoms with Crippen LogP contribution in [0.25, 0.3) is 0 Å². The highest BCUT2D eigenvalue weighted by molar-refractivity contribution is 9.10. The Kier molecular flexibility index (Phi) is 8.52. The minimum atomic E-state index is -2.12. The van der Waals surface area contributed by atoms with Gasteiger partial charge in [0.1, 0.15) is 0 Å². The normalized spacial score (nSPS) is 29.0. The van der Waals surface area contributed by atoms with Crippen LogP contribution in [0.1, 0.15) is 24.3 Å². The molecule has 4 aliphatic rings. The summed E-state index contributed by atoms with van der Waals surface area (Å²) in [6.07, 6.45) is 1.31. The molecule has 258 valence electrons. The molecule has 0 bridgehead atoms. The van der Waals surface area contributed by atoms with E-state index >= 15 is 0 Å². The average molecular weight is 846 g/mol. The maximum Gasteiger partial charge on any atom is 0.301 e. The fourth-order valence-electron chi connectivity index (χ4n) is 7.75. The summed E-state index contributed by atoms with van der Waals surface area (Å²) in [6.45, 7) is 0. The van der Waals surface area contributed by atoms with Gasteiger partial charge in [-0.1, -0.05) is 27.6 Å². The summed E-state index contributed by atoms with van der Waals surface area (Å²) in [5, 5.41) is 34.7. The highest BCUT2D eigenvalue weighted by Crippen LogP contribution is 2.66. The Hall–Kier alpha value is -3.80. The minimum absolute atomic E-state index is 0.0120. The lowest BCUT2D eigenvalue weighted by atomic mass is 9.56. The molecule has 15 nitrogen and oxygen atoms in total. The van der Waals surface area contributed by atoms with Crippen LogP contribution in [0.15, 0.2) is 40.4 Å². The Morgan fingerprint density at radius 1 is 1.02 bits per heavy atom. The second-order valence-corrected chi connectivity index (χ2v) is 14.9. The number of ether oxygens (including phenoxy) is 1. The molecule has 2 aliphatic heterocycles. The number of phenols is 1. The number of nitro groups is 2. The zero-order valence-electron chi connectivity index (χ0n) is 25.7. The number of carbonyl (C=O) groups excluding carboxylic acids is 4. The third-order valence-electron chi connectivity index (χ3n) is 9.77. The van der Waals surface area contributed by atoms with Gasteiger partial charge >= 0.3 is 11.4 Å². The Labute approximate surface area is 304 Å². The van der Waals surface area contributed by atoms with Crippen molar-refractivity contribution < 1.29 is 38.9 Å². The SMILES string of the molecule is COc1cc(C2C3=CCC4C(=O)N(c5cc([N+](=O)[O-])c(N(C)C)c([N+](=O)[O-])c5)C(=O)C4C3CC3(Cl)C(=O)N(CBr)C(=O)C23Cl)cc(Br)c1O. The number of fused-ring (bicyclic) bond motifs is 4. The molecule has 4 amide bonds. The number of anilines is 2. The zero-order valence-corrected chi connectivity index (χ0v) is 30.4. The molecule has 0 aromatic heterocycles. The quantitative estimate of drug-likeness (QED) is 0.0989. The molecular weight excluding hydrogens is 821 g/mol. The van der Waals surface area contributed by atoms with Crippen LogP contribution in [-0.4, -0.2) is 79.9 Å². The zero-order chi connectivity index (χ0) is 36.1. The van der Waals surface area contributed by atoms with Crippen LogP contribution in [0.3, 0.4) is 0 Å². The Balaban J connectivity index is 1.53. The van der Waals surface area contributed by atoms with Crippen LogP contribution in [0.2, 0.25) is 0 Å². The van der Waals surface area contributed by atoms with Gasteiger partial charge in [-0.05, 0) is 52.4 Å². The predicted octanol–water partition coefficient (Wildman–Crippen LogP) is 4.96. The first-order chi connectivity index (χ1) is 23.0. The van der Waals surface area contributed by atoms with Crippen molar-refractivity contribution in [3.63, 3.8) is 0 Å². The van der Waals surface area contributed by atoms with Crippen LogP contribution < -0.4 is 14.5 Å². The number of allylic oxidation sites excluding steroid dienone is 2. The fraction of sp³-hybridized carbons (Fsp3) is 0.400. The number of hydrogen-bond donors (Lipinski definition) is 1. The maximum atomic E-state index is 14.4. The van der Waals surface area contributed by atoms with Gasteiger partial charge in [-0.15, -0.1) is 23.2 Å². The molecule has 0 spiro atoms. The molecule has 6 unspecified atom stereocenters. The van der Waals surface area contributed by atoms with E-state index in [2.05, 4.69) is 31.9 Å². The number of imide groups is 2. The van der Waals surface area contributed by atoms with Crippen molar-refractivity contribution >= 4 is 101 Å². The van der Waals surface area contributed by atoms with Gasteiger partial charge in [0.25, 0.3) is 11.8 Å². The molecule has 1 saturated carbocycles. The van der Waals surface area contributed by atoms with Gasteiger partial charge in [0.05, 0.1) is 44.4 Å². The second-order valence-electron chi connectivity index (χ2n) is 12.3. The number of rotatable bonds is 7. The van der Waals surface area contributed by atoms with Crippen molar-refractivity contribution in [2.24, 2.45) is 17.8 Å². The third kappa shape index (κ3) is 4.72. The average Bonchev–Trinajstić information content (AvgIpc) is 3.38. The van der Waals surface area contributed by atoms with E-state index in [1.165, 1.54) is 38.2 Å². The fourth-order valence-corrected chi connectivity index (χ4v) is 9.64. The van der Waals surface area contributed by atoms with Crippen LogP contribution in [0.4, 0.5) is 22.7 Å². The lowest BCUT2D eigenvalue weighted by Gasteiger charge is -2.50. The first kappa shape index (κ1) is 35.0. The van der Waals surface area contributed by atoms with E-state index < -0.39 is 78.3 Å². The molecule has 0 radical (unpaired) electrons. The van der Waals surface area contributed by atoms with Crippen molar-refractivity contribution in [2.75, 3.05) is 36.5 Å². The lowest BCUT2D eigenvalue weighted by molar-refractivity contribution is -0.392. The smallest absolute Gasteiger partial charge is 0.301 e. The summed E-state index contributed by atoms with van der Waals surface area (Å²) < 4.78 is 5.52. The molecule has 2 aromatic rings. The van der Waals surface area contributed by atoms with Crippen LogP contribution in [-0.2, 0) is 19.2 Å². The number of methoxy groups -OCH3 is 1. The Bertz CT molecular complexity index is 1910. The van der Waals surface area contributed by atoms with E-state index in [1.807, 2.05) is 0 Å². The molecule has 3 fully saturated rings. The number of halogens is 4. The molecule has 19 heteroatoms. The topological polar surface area (TPSA) is 194 Å². The molecule has 1 N–H and O–H groups in total. The van der Waals surface area contributed by atoms with E-state index in [1.54, 1.807) is 6.08 Å². The monoisotopic (exact) mass is 843 g/mol. The number of carbonyl (C=O) groups is 4. The van der Waals surface area contributed by atoms with E-state index in [9.17, 15) is 44.5 Å². The first-order valence-electron chi connectivity index (χ1n) is 14.5. The number of phenolic OH excluding ortho intramolecular Hbond substituents is 1. The standard InChI is InChI=1S/C30H25Br2Cl2N5O10/c1-35(2)23-18(38(45)46)8-13(9-19(23)39(47)48)37-25(41)15-5-4-14-16(21(15)26(37)42)10-29(33)27(43)36(11-31)28(44)30(29,34)22(14)12-6-17(32)24(40)20(7-12)49-3/h4,6-9,15-16,21-22,40H,5,10-11H2,1-3H3. The summed E-state index contributed by atoms with van der Waals surface area (Å²) in [4.78, 5) is 77.2. The van der Waals surface area contributed by atoms with Gasteiger partial charge in [-0.25, -0.2) is 4.90 Å². The number of nitro benzene ring substituents is 2. The molecule has 6 atom stereocenters. The Morgan fingerprint density at radius 2 is 1.63 bits per heavy atom. The van der Waals surface area contributed by atoms with E-state index in [-0.39, 0.29) is 45.6 Å². The number of hydrogen-bond acceptors (Lipinski definition) is 11. The minimum Gasteiger partial charge on any atom is -0.503 e. The summed E-state index contributed by atoms with van der Waals surface area (Å²) >= 11 is 20.9. The highest BCUT2D eigenvalue weighted by Gasteiger charge is 2.76. The number of benzene rings is 2. The van der Waals surface area contributed by atoms with Gasteiger partial charge in [0, 0.05) is 32.1 Å². The number of alkyl halides is 3. The van der Waals surface area contributed by atoms with Crippen LogP contribution in [0.5, 0.6) is 11.5 Å². The molecule has 49 heavy (non-hydrogen) atoms. The molecule has 2 aliphatic carbocycles. The molecule has 6 rings (SSSR count). The van der Waals surface area contributed by atoms with Crippen molar-refractivity contribution in [3.05, 3.63) is 66.2 Å². The predicted molar refractivity (Wildman–Crippen MR) is 182 cm³/mol. The lowest BCUT2D eigenvalue weighted by Crippen LogP contribution is -2.60. The van der Waals surface area contributed by atoms with Gasteiger partial charge in [-0.2, -0.15) is 0 Å². The third-order valence-corrected chi connectivity index (χ3v) is 12.3. The van der Waals surface area contributed by atoms with E-state index in [4.69, 9.17) is 27.9 Å². The van der Waals surface area contributed by atoms with E-state index in [0.717, 1.165) is 17.0 Å². The summed E-state index contributed by atoms with van der Waals surface area (Å²) in [7, 11) is 4.08. The molecule has 2 heterocycles. The van der Waals surface area contributed by atoms with Crippen molar-refractivity contribution in [1.29, 1.82) is 0 Å². The van der Waals surface area contributed by atoms with Gasteiger partial charge in [0.2, 0.25) is 11.8 Å². The number of aromatic hydroxyl groups is 1. The van der Waals surface area contributed by atoms with Crippen molar-refractivity contribution in [2.45, 2.75) is 28.5 Å². The van der Waals surface area contributed by atoms with Crippen molar-refractivity contribution in [1.82, 2.24) is 4.90 Å². The van der Waals surface area contributed by atoms with Crippen molar-refractivity contribution in [3.8, 4) is 11.5 Å². The number of nitrogens with zero attached hydrogens (tertiary/aromatic N) is 5. The number of amides is 4. The van der Waals surface area contributed by atoms with Gasteiger partial charge in [0.15, 0.2) is 26.9 Å². The van der Waals surface area contributed by atoms with Gasteiger partial charge in [-0.3, -0.25) is 44.3 Å². The summed E-state index contributed by atoms with van der Waals surface area (Å²) in [5.74, 6) is -7.74. The molecular formula is C30H25Br2Cl2N5O10. The second kappa shape index (κ2) is 11.9. The maximum absolute atomic E-state index is 14.4. The number of likely N-dealkylation sites (tertiary alicyclic amines) is 1. The summed E-state index contributed by atoms with van der Waals surface area (Å²) in [5.41, 5.74) is -1.55.